The SMILES string of the molecule is Fc1ccccc1Nc1nnc2ccc(NC3CC3)nn12. The number of benzene rings is 1. The Balaban J connectivity index is 1.69. The van der Waals surface area contributed by atoms with Gasteiger partial charge in [-0.25, -0.2) is 4.39 Å². The molecule has 0 unspecified atom stereocenters. The Labute approximate surface area is 120 Å². The Morgan fingerprint density at radius 3 is 2.76 bits per heavy atom. The molecule has 4 rings (SSSR count). The van der Waals surface area contributed by atoms with Crippen molar-refractivity contribution in [2.75, 3.05) is 10.6 Å². The Kier molecular flexibility index (Phi) is 2.70. The third-order valence-corrected chi connectivity index (χ3v) is 3.31. The van der Waals surface area contributed by atoms with Crippen molar-refractivity contribution in [2.24, 2.45) is 0 Å². The molecule has 0 radical (unpaired) electrons. The minimum Gasteiger partial charge on any atom is -0.366 e. The molecule has 1 aliphatic rings. The van der Waals surface area contributed by atoms with Gasteiger partial charge in [0.2, 0.25) is 0 Å². The van der Waals surface area contributed by atoms with Crippen molar-refractivity contribution in [3.05, 3.63) is 42.2 Å². The van der Waals surface area contributed by atoms with Crippen molar-refractivity contribution in [1.29, 1.82) is 0 Å². The highest BCUT2D eigenvalue weighted by Gasteiger charge is 2.21. The summed E-state index contributed by atoms with van der Waals surface area (Å²) in [6.45, 7) is 0. The van der Waals surface area contributed by atoms with Crippen LogP contribution in [0.15, 0.2) is 36.4 Å². The van der Waals surface area contributed by atoms with Gasteiger partial charge in [-0.3, -0.25) is 0 Å². The third-order valence-electron chi connectivity index (χ3n) is 3.31. The molecule has 0 amide bonds. The lowest BCUT2D eigenvalue weighted by Gasteiger charge is -2.06. The summed E-state index contributed by atoms with van der Waals surface area (Å²) in [4.78, 5) is 0. The zero-order chi connectivity index (χ0) is 14.2. The maximum atomic E-state index is 13.7. The topological polar surface area (TPSA) is 67.1 Å². The number of nitrogens with zero attached hydrogens (tertiary/aromatic N) is 4. The zero-order valence-corrected chi connectivity index (χ0v) is 11.1. The summed E-state index contributed by atoms with van der Waals surface area (Å²) < 4.78 is 15.3. The van der Waals surface area contributed by atoms with Gasteiger partial charge in [-0.1, -0.05) is 12.1 Å². The molecule has 0 saturated heterocycles. The van der Waals surface area contributed by atoms with Crippen LogP contribution >= 0.6 is 0 Å². The summed E-state index contributed by atoms with van der Waals surface area (Å²) >= 11 is 0. The standard InChI is InChI=1S/C14H13FN6/c15-10-3-1-2-4-11(10)17-14-19-18-13-8-7-12(20-21(13)14)16-9-5-6-9/h1-4,7-9H,5-6H2,(H,16,20)(H,17,19). The average molecular weight is 284 g/mol. The monoisotopic (exact) mass is 284 g/mol. The lowest BCUT2D eigenvalue weighted by Crippen LogP contribution is -2.07. The van der Waals surface area contributed by atoms with Crippen LogP contribution in [-0.4, -0.2) is 25.9 Å². The maximum Gasteiger partial charge on any atom is 0.250 e. The number of hydrogen-bond donors (Lipinski definition) is 2. The summed E-state index contributed by atoms with van der Waals surface area (Å²) in [5, 5.41) is 18.7. The van der Waals surface area contributed by atoms with Crippen molar-refractivity contribution in [3.63, 3.8) is 0 Å². The number of rotatable bonds is 4. The van der Waals surface area contributed by atoms with Crippen LogP contribution in [0.2, 0.25) is 0 Å². The van der Waals surface area contributed by atoms with E-state index in [1.807, 2.05) is 12.1 Å². The van der Waals surface area contributed by atoms with Crippen LogP contribution in [-0.2, 0) is 0 Å². The number of anilines is 3. The van der Waals surface area contributed by atoms with Gasteiger partial charge in [-0.05, 0) is 37.1 Å². The Hall–Kier alpha value is -2.70. The average Bonchev–Trinajstić information content (AvgIpc) is 3.22. The molecule has 7 heteroatoms. The molecule has 2 N–H and O–H groups in total. The predicted octanol–water partition coefficient (Wildman–Crippen LogP) is 2.58. The Morgan fingerprint density at radius 1 is 1.10 bits per heavy atom. The second-order valence-electron chi connectivity index (χ2n) is 5.04. The van der Waals surface area contributed by atoms with Gasteiger partial charge in [0.15, 0.2) is 5.65 Å². The number of nitrogens with one attached hydrogen (secondary N) is 2. The second-order valence-corrected chi connectivity index (χ2v) is 5.04. The first-order valence-electron chi connectivity index (χ1n) is 6.80. The van der Waals surface area contributed by atoms with E-state index in [2.05, 4.69) is 25.9 Å². The summed E-state index contributed by atoms with van der Waals surface area (Å²) in [5.41, 5.74) is 0.948. The van der Waals surface area contributed by atoms with Crippen LogP contribution in [0.5, 0.6) is 0 Å². The molecular weight excluding hydrogens is 271 g/mol. The van der Waals surface area contributed by atoms with E-state index in [-0.39, 0.29) is 5.82 Å². The van der Waals surface area contributed by atoms with E-state index < -0.39 is 0 Å². The smallest absolute Gasteiger partial charge is 0.250 e. The molecule has 1 aromatic carbocycles. The lowest BCUT2D eigenvalue weighted by molar-refractivity contribution is 0.631. The van der Waals surface area contributed by atoms with Crippen LogP contribution < -0.4 is 10.6 Å². The zero-order valence-electron chi connectivity index (χ0n) is 11.1. The number of halogens is 1. The van der Waals surface area contributed by atoms with E-state index in [1.54, 1.807) is 22.7 Å². The van der Waals surface area contributed by atoms with Crippen LogP contribution in [0.4, 0.5) is 21.8 Å². The molecule has 0 spiro atoms. The quantitative estimate of drug-likeness (QED) is 0.770. The molecule has 0 atom stereocenters. The maximum absolute atomic E-state index is 13.7. The van der Waals surface area contributed by atoms with E-state index in [0.29, 0.717) is 23.3 Å². The van der Waals surface area contributed by atoms with Crippen LogP contribution in [0.3, 0.4) is 0 Å². The van der Waals surface area contributed by atoms with E-state index in [0.717, 1.165) is 5.82 Å². The van der Waals surface area contributed by atoms with E-state index >= 15 is 0 Å². The minimum atomic E-state index is -0.346. The first-order chi connectivity index (χ1) is 10.3. The molecule has 2 aromatic heterocycles. The highest BCUT2D eigenvalue weighted by atomic mass is 19.1. The van der Waals surface area contributed by atoms with Crippen molar-refractivity contribution in [2.45, 2.75) is 18.9 Å². The van der Waals surface area contributed by atoms with E-state index in [9.17, 15) is 4.39 Å². The van der Waals surface area contributed by atoms with Crippen molar-refractivity contribution in [3.8, 4) is 0 Å². The van der Waals surface area contributed by atoms with E-state index in [1.165, 1.54) is 18.9 Å². The predicted molar refractivity (Wildman–Crippen MR) is 77.1 cm³/mol. The van der Waals surface area contributed by atoms with Gasteiger partial charge >= 0.3 is 0 Å². The molecule has 0 bridgehead atoms. The Bertz CT molecular complexity index is 795. The first kappa shape index (κ1) is 12.1. The molecule has 3 aromatic rings. The number of aromatic nitrogens is 4. The van der Waals surface area contributed by atoms with Crippen LogP contribution in [0.1, 0.15) is 12.8 Å². The highest BCUT2D eigenvalue weighted by molar-refractivity contribution is 5.57. The number of fused-ring (bicyclic) bond motifs is 1. The van der Waals surface area contributed by atoms with Gasteiger partial charge in [0.05, 0.1) is 5.69 Å². The van der Waals surface area contributed by atoms with Crippen LogP contribution in [0.25, 0.3) is 5.65 Å². The van der Waals surface area contributed by atoms with Gasteiger partial charge in [0.1, 0.15) is 11.6 Å². The highest BCUT2D eigenvalue weighted by Crippen LogP contribution is 2.24. The number of hydrogen-bond acceptors (Lipinski definition) is 5. The third kappa shape index (κ3) is 2.37. The summed E-state index contributed by atoms with van der Waals surface area (Å²) in [5.74, 6) is 0.803. The van der Waals surface area contributed by atoms with Gasteiger partial charge in [-0.15, -0.1) is 15.3 Å². The Morgan fingerprint density at radius 2 is 1.95 bits per heavy atom. The van der Waals surface area contributed by atoms with Gasteiger partial charge in [-0.2, -0.15) is 4.52 Å². The van der Waals surface area contributed by atoms with Crippen molar-refractivity contribution in [1.82, 2.24) is 19.8 Å². The molecule has 1 saturated carbocycles. The molecule has 21 heavy (non-hydrogen) atoms. The number of para-hydroxylation sites is 1. The fourth-order valence-electron chi connectivity index (χ4n) is 2.06. The molecule has 6 nitrogen and oxygen atoms in total. The summed E-state index contributed by atoms with van der Waals surface area (Å²) in [7, 11) is 0. The molecule has 0 aliphatic heterocycles. The molecule has 1 aliphatic carbocycles. The minimum absolute atomic E-state index is 0.342. The largest absolute Gasteiger partial charge is 0.366 e. The van der Waals surface area contributed by atoms with Gasteiger partial charge in [0.25, 0.3) is 5.95 Å². The molecule has 2 heterocycles. The summed E-state index contributed by atoms with van der Waals surface area (Å²) in [6, 6.07) is 10.6. The van der Waals surface area contributed by atoms with Crippen molar-refractivity contribution >= 4 is 23.1 Å². The van der Waals surface area contributed by atoms with Gasteiger partial charge < -0.3 is 10.6 Å². The fourth-order valence-corrected chi connectivity index (χ4v) is 2.06. The first-order valence-corrected chi connectivity index (χ1v) is 6.80. The normalized spacial score (nSPS) is 14.3. The molecular formula is C14H13FN6. The summed E-state index contributed by atoms with van der Waals surface area (Å²) in [6.07, 6.45) is 2.34. The lowest BCUT2D eigenvalue weighted by atomic mass is 10.3. The van der Waals surface area contributed by atoms with E-state index in [4.69, 9.17) is 0 Å². The van der Waals surface area contributed by atoms with Gasteiger partial charge in [0, 0.05) is 6.04 Å². The molecule has 106 valence electrons. The second kappa shape index (κ2) is 4.69. The molecule has 1 fully saturated rings. The fraction of sp³-hybridized carbons (Fsp3) is 0.214. The van der Waals surface area contributed by atoms with Crippen LogP contribution in [0, 0.1) is 5.82 Å². The van der Waals surface area contributed by atoms with Crippen molar-refractivity contribution < 1.29 is 4.39 Å².